The Bertz CT molecular complexity index is 457. The quantitative estimate of drug-likeness (QED) is 0.877. The van der Waals surface area contributed by atoms with Crippen molar-refractivity contribution in [2.24, 2.45) is 0 Å². The number of aryl methyl sites for hydroxylation is 2. The minimum absolute atomic E-state index is 0.0475. The maximum Gasteiger partial charge on any atom is 0.246 e. The molecule has 1 aromatic heterocycles. The maximum atomic E-state index is 12.5. The highest BCUT2D eigenvalue weighted by molar-refractivity contribution is 7.89. The van der Waals surface area contributed by atoms with Crippen LogP contribution in [-0.2, 0) is 10.0 Å². The molecule has 0 aliphatic heterocycles. The summed E-state index contributed by atoms with van der Waals surface area (Å²) in [5.74, 6) is 0. The summed E-state index contributed by atoms with van der Waals surface area (Å²) in [7, 11) is -3.44. The number of hydrogen-bond donors (Lipinski definition) is 1. The number of nitrogens with one attached hydrogen (secondary N) is 1. The van der Waals surface area contributed by atoms with Crippen molar-refractivity contribution in [1.29, 1.82) is 0 Å². The van der Waals surface area contributed by atoms with Gasteiger partial charge in [-0.15, -0.1) is 0 Å². The maximum absolute atomic E-state index is 12.5. The molecule has 5 nitrogen and oxygen atoms in total. The van der Waals surface area contributed by atoms with E-state index in [0.29, 0.717) is 22.8 Å². The molecule has 0 atom stereocenters. The van der Waals surface area contributed by atoms with E-state index in [9.17, 15) is 8.42 Å². The first-order valence-corrected chi connectivity index (χ1v) is 7.29. The molecule has 0 radical (unpaired) electrons. The van der Waals surface area contributed by atoms with Crippen molar-refractivity contribution in [3.05, 3.63) is 11.4 Å². The van der Waals surface area contributed by atoms with Gasteiger partial charge in [0.05, 0.1) is 11.4 Å². The van der Waals surface area contributed by atoms with Gasteiger partial charge in [-0.05, 0) is 34.1 Å². The lowest BCUT2D eigenvalue weighted by Crippen LogP contribution is -2.37. The first kappa shape index (κ1) is 14.2. The van der Waals surface area contributed by atoms with Gasteiger partial charge in [-0.2, -0.15) is 9.40 Å². The Morgan fingerprint density at radius 2 is 1.94 bits per heavy atom. The zero-order valence-corrected chi connectivity index (χ0v) is 11.9. The molecule has 0 aliphatic rings. The number of sulfonamides is 1. The Morgan fingerprint density at radius 1 is 1.35 bits per heavy atom. The number of nitrogens with zero attached hydrogens (tertiary/aromatic N) is 2. The molecule has 17 heavy (non-hydrogen) atoms. The zero-order chi connectivity index (χ0) is 13.2. The Kier molecular flexibility index (Phi) is 4.32. The predicted octanol–water partition coefficient (Wildman–Crippen LogP) is 1.84. The SMILES string of the molecule is CCCN(C(C)C)S(=O)(=O)c1c(C)n[nH]c1C. The standard InChI is InChI=1S/C11H21N3O2S/c1-6-7-14(8(2)3)17(15,16)11-9(4)12-13-10(11)5/h8H,6-7H2,1-5H3,(H,12,13). The molecule has 6 heteroatoms. The summed E-state index contributed by atoms with van der Waals surface area (Å²) in [4.78, 5) is 0.319. The van der Waals surface area contributed by atoms with Gasteiger partial charge in [0.25, 0.3) is 0 Å². The van der Waals surface area contributed by atoms with Gasteiger partial charge < -0.3 is 0 Å². The average Bonchev–Trinajstić information content (AvgIpc) is 2.54. The van der Waals surface area contributed by atoms with Crippen LogP contribution in [0.3, 0.4) is 0 Å². The van der Waals surface area contributed by atoms with Gasteiger partial charge in [0, 0.05) is 12.6 Å². The Morgan fingerprint density at radius 3 is 2.29 bits per heavy atom. The molecular formula is C11H21N3O2S. The molecule has 0 amide bonds. The molecule has 0 aromatic carbocycles. The van der Waals surface area contributed by atoms with Crippen LogP contribution < -0.4 is 0 Å². The van der Waals surface area contributed by atoms with Crippen molar-refractivity contribution in [2.75, 3.05) is 6.54 Å². The highest BCUT2D eigenvalue weighted by Crippen LogP contribution is 2.23. The summed E-state index contributed by atoms with van der Waals surface area (Å²) in [6.45, 7) is 9.72. The smallest absolute Gasteiger partial charge is 0.246 e. The van der Waals surface area contributed by atoms with Gasteiger partial charge >= 0.3 is 0 Å². The molecule has 98 valence electrons. The van der Waals surface area contributed by atoms with Crippen LogP contribution in [0.5, 0.6) is 0 Å². The number of H-pyrrole nitrogens is 1. The highest BCUT2D eigenvalue weighted by Gasteiger charge is 2.30. The lowest BCUT2D eigenvalue weighted by molar-refractivity contribution is 0.353. The van der Waals surface area contributed by atoms with Crippen LogP contribution in [0, 0.1) is 13.8 Å². The number of hydrogen-bond acceptors (Lipinski definition) is 3. The van der Waals surface area contributed by atoms with Crippen LogP contribution in [-0.4, -0.2) is 35.5 Å². The van der Waals surface area contributed by atoms with Crippen molar-refractivity contribution < 1.29 is 8.42 Å². The van der Waals surface area contributed by atoms with E-state index in [-0.39, 0.29) is 6.04 Å². The van der Waals surface area contributed by atoms with Crippen LogP contribution in [0.2, 0.25) is 0 Å². The fourth-order valence-corrected chi connectivity index (χ4v) is 3.98. The second-order valence-electron chi connectivity index (χ2n) is 4.47. The van der Waals surface area contributed by atoms with Crippen LogP contribution >= 0.6 is 0 Å². The monoisotopic (exact) mass is 259 g/mol. The molecule has 1 N–H and O–H groups in total. The van der Waals surface area contributed by atoms with Crippen LogP contribution in [0.15, 0.2) is 4.90 Å². The Hall–Kier alpha value is -0.880. The molecule has 0 saturated carbocycles. The van der Waals surface area contributed by atoms with E-state index in [1.165, 1.54) is 4.31 Å². The van der Waals surface area contributed by atoms with Crippen molar-refractivity contribution in [1.82, 2.24) is 14.5 Å². The number of aromatic amines is 1. The van der Waals surface area contributed by atoms with E-state index in [2.05, 4.69) is 10.2 Å². The fourth-order valence-electron chi connectivity index (χ4n) is 1.91. The Labute approximate surface area is 103 Å². The summed E-state index contributed by atoms with van der Waals surface area (Å²) < 4.78 is 26.6. The molecular weight excluding hydrogens is 238 g/mol. The topological polar surface area (TPSA) is 66.1 Å². The average molecular weight is 259 g/mol. The van der Waals surface area contributed by atoms with Crippen molar-refractivity contribution in [2.45, 2.75) is 52.0 Å². The van der Waals surface area contributed by atoms with E-state index in [1.54, 1.807) is 13.8 Å². The summed E-state index contributed by atoms with van der Waals surface area (Å²) in [6, 6.07) is -0.0475. The summed E-state index contributed by atoms with van der Waals surface area (Å²) in [6.07, 6.45) is 0.799. The number of aromatic nitrogens is 2. The van der Waals surface area contributed by atoms with Gasteiger partial charge in [-0.1, -0.05) is 6.92 Å². The van der Waals surface area contributed by atoms with Gasteiger partial charge in [0.1, 0.15) is 4.90 Å². The number of rotatable bonds is 5. The first-order chi connectivity index (χ1) is 7.82. The van der Waals surface area contributed by atoms with Crippen LogP contribution in [0.4, 0.5) is 0 Å². The van der Waals surface area contributed by atoms with Crippen LogP contribution in [0.1, 0.15) is 38.6 Å². The fraction of sp³-hybridized carbons (Fsp3) is 0.727. The molecule has 0 bridgehead atoms. The minimum atomic E-state index is -3.44. The zero-order valence-electron chi connectivity index (χ0n) is 11.1. The molecule has 1 aromatic rings. The largest absolute Gasteiger partial charge is 0.281 e. The molecule has 1 rings (SSSR count). The van der Waals surface area contributed by atoms with E-state index in [0.717, 1.165) is 6.42 Å². The van der Waals surface area contributed by atoms with Crippen molar-refractivity contribution in [3.63, 3.8) is 0 Å². The molecule has 0 spiro atoms. The lowest BCUT2D eigenvalue weighted by Gasteiger charge is -2.25. The summed E-state index contributed by atoms with van der Waals surface area (Å²) >= 11 is 0. The third-order valence-corrected chi connectivity index (χ3v) is 4.99. The summed E-state index contributed by atoms with van der Waals surface area (Å²) in [5.41, 5.74) is 1.13. The Balaban J connectivity index is 3.26. The van der Waals surface area contributed by atoms with E-state index >= 15 is 0 Å². The van der Waals surface area contributed by atoms with E-state index in [4.69, 9.17) is 0 Å². The predicted molar refractivity (Wildman–Crippen MR) is 67.4 cm³/mol. The van der Waals surface area contributed by atoms with Gasteiger partial charge in [-0.3, -0.25) is 5.10 Å². The van der Waals surface area contributed by atoms with E-state index in [1.807, 2.05) is 20.8 Å². The third-order valence-electron chi connectivity index (χ3n) is 2.65. The second kappa shape index (κ2) is 5.18. The molecule has 0 fully saturated rings. The van der Waals surface area contributed by atoms with Crippen molar-refractivity contribution in [3.8, 4) is 0 Å². The summed E-state index contributed by atoms with van der Waals surface area (Å²) in [5, 5.41) is 6.68. The normalized spacial score (nSPS) is 12.6. The molecule has 0 saturated heterocycles. The highest BCUT2D eigenvalue weighted by atomic mass is 32.2. The lowest BCUT2D eigenvalue weighted by atomic mass is 10.4. The van der Waals surface area contributed by atoms with Gasteiger partial charge in [0.2, 0.25) is 10.0 Å². The first-order valence-electron chi connectivity index (χ1n) is 5.85. The van der Waals surface area contributed by atoms with Crippen LogP contribution in [0.25, 0.3) is 0 Å². The molecule has 0 unspecified atom stereocenters. The molecule has 1 heterocycles. The second-order valence-corrected chi connectivity index (χ2v) is 6.30. The van der Waals surface area contributed by atoms with Crippen molar-refractivity contribution >= 4 is 10.0 Å². The third kappa shape index (κ3) is 2.69. The van der Waals surface area contributed by atoms with E-state index < -0.39 is 10.0 Å². The van der Waals surface area contributed by atoms with Gasteiger partial charge in [0.15, 0.2) is 0 Å². The van der Waals surface area contributed by atoms with Gasteiger partial charge in [-0.25, -0.2) is 8.42 Å². The molecule has 0 aliphatic carbocycles. The minimum Gasteiger partial charge on any atom is -0.281 e.